The van der Waals surface area contributed by atoms with Gasteiger partial charge >= 0.3 is 0 Å². The lowest BCUT2D eigenvalue weighted by Gasteiger charge is -2.22. The van der Waals surface area contributed by atoms with Crippen molar-refractivity contribution in [2.24, 2.45) is 0 Å². The monoisotopic (exact) mass is 700 g/mol. The van der Waals surface area contributed by atoms with Crippen molar-refractivity contribution < 1.29 is 0 Å². The van der Waals surface area contributed by atoms with E-state index in [0.29, 0.717) is 0 Å². The van der Waals surface area contributed by atoms with E-state index in [0.717, 1.165) is 5.69 Å². The van der Waals surface area contributed by atoms with Crippen LogP contribution in [0.3, 0.4) is 0 Å². The number of para-hydroxylation sites is 2. The van der Waals surface area contributed by atoms with Crippen LogP contribution in [0.2, 0.25) is 0 Å². The molecule has 0 saturated carbocycles. The summed E-state index contributed by atoms with van der Waals surface area (Å²) in [6.45, 7) is 4.75. The summed E-state index contributed by atoms with van der Waals surface area (Å²) in [4.78, 5) is 0. The maximum atomic E-state index is 2.53. The van der Waals surface area contributed by atoms with Gasteiger partial charge in [-0.05, 0) is 104 Å². The Balaban J connectivity index is 1.18. The predicted octanol–water partition coefficient (Wildman–Crippen LogP) is 14.2. The molecule has 0 unspecified atom stereocenters. The lowest BCUT2D eigenvalue weighted by molar-refractivity contribution is 0.661. The van der Waals surface area contributed by atoms with Crippen LogP contribution in [0, 0.1) is 0 Å². The molecule has 2 aromatic heterocycles. The van der Waals surface area contributed by atoms with Gasteiger partial charge in [-0.3, -0.25) is 0 Å². The van der Waals surface area contributed by atoms with Gasteiger partial charge in [-0.15, -0.1) is 0 Å². The smallest absolute Gasteiger partial charge is 0.0547 e. The van der Waals surface area contributed by atoms with Crippen LogP contribution in [0.4, 0.5) is 0 Å². The number of fused-ring (bicyclic) bond motifs is 12. The molecule has 0 saturated heterocycles. The van der Waals surface area contributed by atoms with E-state index in [-0.39, 0.29) is 5.41 Å². The minimum absolute atomic E-state index is 0.104. The Morgan fingerprint density at radius 1 is 0.364 bits per heavy atom. The first kappa shape index (κ1) is 30.6. The second-order valence-corrected chi connectivity index (χ2v) is 15.7. The molecule has 2 nitrogen and oxygen atoms in total. The van der Waals surface area contributed by atoms with Gasteiger partial charge in [-0.1, -0.05) is 141 Å². The molecule has 0 amide bonds. The van der Waals surface area contributed by atoms with E-state index in [1.165, 1.54) is 104 Å². The van der Waals surface area contributed by atoms with Crippen molar-refractivity contribution in [3.05, 3.63) is 193 Å². The Hall–Kier alpha value is -6.90. The number of aromatic nitrogens is 2. The molecule has 0 spiro atoms. The molecular weight excluding hydrogens is 665 g/mol. The maximum absolute atomic E-state index is 2.53. The third kappa shape index (κ3) is 4.20. The maximum Gasteiger partial charge on any atom is 0.0547 e. The van der Waals surface area contributed by atoms with Gasteiger partial charge in [0.05, 0.1) is 27.8 Å². The lowest BCUT2D eigenvalue weighted by atomic mass is 9.82. The van der Waals surface area contributed by atoms with E-state index in [4.69, 9.17) is 0 Å². The molecule has 258 valence electrons. The number of hydrogen-bond donors (Lipinski definition) is 0. The van der Waals surface area contributed by atoms with Crippen LogP contribution in [0.25, 0.3) is 98.8 Å². The Bertz CT molecular complexity index is 3410. The van der Waals surface area contributed by atoms with Gasteiger partial charge in [0.15, 0.2) is 0 Å². The number of rotatable bonds is 3. The molecule has 0 radical (unpaired) electrons. The molecule has 11 aromatic rings. The van der Waals surface area contributed by atoms with E-state index in [2.05, 4.69) is 205 Å². The molecule has 2 heterocycles. The van der Waals surface area contributed by atoms with Gasteiger partial charge < -0.3 is 9.13 Å². The highest BCUT2D eigenvalue weighted by atomic mass is 15.0. The van der Waals surface area contributed by atoms with Crippen molar-refractivity contribution in [1.82, 2.24) is 9.13 Å². The van der Waals surface area contributed by atoms with Gasteiger partial charge in [-0.2, -0.15) is 0 Å². The second-order valence-electron chi connectivity index (χ2n) is 15.7. The fraction of sp³-hybridized carbons (Fsp3) is 0.0566. The van der Waals surface area contributed by atoms with Crippen molar-refractivity contribution in [1.29, 1.82) is 0 Å². The zero-order valence-electron chi connectivity index (χ0n) is 30.7. The van der Waals surface area contributed by atoms with Gasteiger partial charge in [-0.25, -0.2) is 0 Å². The zero-order chi connectivity index (χ0) is 36.4. The molecule has 0 bridgehead atoms. The average molecular weight is 701 g/mol. The summed E-state index contributed by atoms with van der Waals surface area (Å²) in [6, 6.07) is 67.8. The van der Waals surface area contributed by atoms with Gasteiger partial charge in [0.2, 0.25) is 0 Å². The second kappa shape index (κ2) is 11.1. The van der Waals surface area contributed by atoms with Crippen LogP contribution in [0.1, 0.15) is 25.0 Å². The number of benzene rings is 9. The van der Waals surface area contributed by atoms with Crippen LogP contribution in [-0.4, -0.2) is 9.13 Å². The molecule has 2 heteroatoms. The molecule has 0 N–H and O–H groups in total. The van der Waals surface area contributed by atoms with Gasteiger partial charge in [0.1, 0.15) is 0 Å². The molecule has 0 atom stereocenters. The van der Waals surface area contributed by atoms with Crippen molar-refractivity contribution in [2.45, 2.75) is 19.3 Å². The van der Waals surface area contributed by atoms with Gasteiger partial charge in [0.25, 0.3) is 0 Å². The molecule has 1 aliphatic rings. The highest BCUT2D eigenvalue weighted by Crippen LogP contribution is 2.51. The fourth-order valence-corrected chi connectivity index (χ4v) is 9.89. The Morgan fingerprint density at radius 2 is 1.04 bits per heavy atom. The minimum atomic E-state index is -0.104. The SMILES string of the molecule is CC1(C)c2ccccc2-c2cc3c4ccccc4n(-c4ccc(-n5c6ccccc6c6c7ccccc7ccc65)cc4-c4ccc5ccccc5c4)c3cc21. The number of nitrogens with zero attached hydrogens (tertiary/aromatic N) is 2. The summed E-state index contributed by atoms with van der Waals surface area (Å²) in [6.07, 6.45) is 0. The third-order valence-corrected chi connectivity index (χ3v) is 12.5. The molecule has 9 aromatic carbocycles. The van der Waals surface area contributed by atoms with Crippen molar-refractivity contribution >= 4 is 65.2 Å². The predicted molar refractivity (Wildman–Crippen MR) is 233 cm³/mol. The van der Waals surface area contributed by atoms with Crippen LogP contribution < -0.4 is 0 Å². The van der Waals surface area contributed by atoms with Crippen LogP contribution in [0.15, 0.2) is 182 Å². The van der Waals surface area contributed by atoms with Crippen molar-refractivity contribution in [2.75, 3.05) is 0 Å². The zero-order valence-corrected chi connectivity index (χ0v) is 30.7. The van der Waals surface area contributed by atoms with E-state index < -0.39 is 0 Å². The molecule has 12 rings (SSSR count). The first-order valence-corrected chi connectivity index (χ1v) is 19.3. The first-order valence-electron chi connectivity index (χ1n) is 19.3. The van der Waals surface area contributed by atoms with E-state index in [1.807, 2.05) is 0 Å². The summed E-state index contributed by atoms with van der Waals surface area (Å²) in [5, 5.41) is 10.1. The quantitative estimate of drug-likeness (QED) is 0.174. The summed E-state index contributed by atoms with van der Waals surface area (Å²) in [7, 11) is 0. The third-order valence-electron chi connectivity index (χ3n) is 12.5. The molecule has 0 fully saturated rings. The lowest BCUT2D eigenvalue weighted by Crippen LogP contribution is -2.15. The largest absolute Gasteiger partial charge is 0.309 e. The Labute approximate surface area is 319 Å². The van der Waals surface area contributed by atoms with E-state index >= 15 is 0 Å². The van der Waals surface area contributed by atoms with Crippen molar-refractivity contribution in [3.63, 3.8) is 0 Å². The summed E-state index contributed by atoms with van der Waals surface area (Å²) in [5.41, 5.74) is 14.9. The fourth-order valence-electron chi connectivity index (χ4n) is 9.89. The Kier molecular flexibility index (Phi) is 6.15. The van der Waals surface area contributed by atoms with E-state index in [9.17, 15) is 0 Å². The van der Waals surface area contributed by atoms with Crippen LogP contribution in [-0.2, 0) is 5.41 Å². The highest BCUT2D eigenvalue weighted by molar-refractivity contribution is 6.21. The van der Waals surface area contributed by atoms with Gasteiger partial charge in [0, 0.05) is 38.2 Å². The highest BCUT2D eigenvalue weighted by Gasteiger charge is 2.36. The standard InChI is InChI=1S/C53H36N2/c1-53(2)45-20-10-7-17-39(45)43-31-44-40-18-8-11-21-47(40)55(51(44)32-46(43)53)49-28-26-37(30-42(49)36-24-23-33-13-3-4-15-35(33)29-36)54-48-22-12-9-19-41(48)52-38-16-6-5-14-34(38)25-27-50(52)54/h3-32H,1-2H3. The molecular formula is C53H36N2. The van der Waals surface area contributed by atoms with Crippen molar-refractivity contribution in [3.8, 4) is 33.6 Å². The first-order chi connectivity index (χ1) is 27.0. The molecule has 0 aliphatic heterocycles. The topological polar surface area (TPSA) is 9.86 Å². The Morgan fingerprint density at radius 3 is 1.89 bits per heavy atom. The van der Waals surface area contributed by atoms with E-state index in [1.54, 1.807) is 0 Å². The number of hydrogen-bond acceptors (Lipinski definition) is 0. The van der Waals surface area contributed by atoms with Crippen LogP contribution >= 0.6 is 0 Å². The average Bonchev–Trinajstić information content (AvgIpc) is 3.83. The normalized spacial score (nSPS) is 13.4. The summed E-state index contributed by atoms with van der Waals surface area (Å²) < 4.78 is 4.99. The van der Waals surface area contributed by atoms with Crippen LogP contribution in [0.5, 0.6) is 0 Å². The molecule has 1 aliphatic carbocycles. The summed E-state index contributed by atoms with van der Waals surface area (Å²) >= 11 is 0. The minimum Gasteiger partial charge on any atom is -0.309 e. The summed E-state index contributed by atoms with van der Waals surface area (Å²) in [5.74, 6) is 0. The molecule has 55 heavy (non-hydrogen) atoms.